The number of benzene rings is 1. The fourth-order valence-corrected chi connectivity index (χ4v) is 3.84. The molecule has 1 fully saturated rings. The Kier molecular flexibility index (Phi) is 5.04. The number of hydrogen-bond donors (Lipinski definition) is 1. The molecular formula is C20H24FNO3. The third-order valence-corrected chi connectivity index (χ3v) is 5.47. The quantitative estimate of drug-likeness (QED) is 0.852. The van der Waals surface area contributed by atoms with E-state index < -0.39 is 11.5 Å². The summed E-state index contributed by atoms with van der Waals surface area (Å²) < 4.78 is 18.7. The number of pyridine rings is 1. The van der Waals surface area contributed by atoms with Crippen molar-refractivity contribution >= 4 is 16.9 Å². The second-order valence-corrected chi connectivity index (χ2v) is 6.91. The molecular weight excluding hydrogens is 321 g/mol. The van der Waals surface area contributed by atoms with Gasteiger partial charge in [0.15, 0.2) is 0 Å². The van der Waals surface area contributed by atoms with E-state index in [9.17, 15) is 14.3 Å². The van der Waals surface area contributed by atoms with Crippen molar-refractivity contribution in [1.82, 2.24) is 4.98 Å². The molecule has 1 aromatic heterocycles. The van der Waals surface area contributed by atoms with Gasteiger partial charge in [-0.05, 0) is 75.3 Å². The van der Waals surface area contributed by atoms with Crippen LogP contribution in [0, 0.1) is 11.7 Å². The molecule has 0 saturated heterocycles. The Morgan fingerprint density at radius 2 is 2.12 bits per heavy atom. The van der Waals surface area contributed by atoms with Gasteiger partial charge in [0.1, 0.15) is 5.82 Å². The predicted molar refractivity (Wildman–Crippen MR) is 93.7 cm³/mol. The summed E-state index contributed by atoms with van der Waals surface area (Å²) >= 11 is 0. The van der Waals surface area contributed by atoms with Crippen molar-refractivity contribution in [3.8, 4) is 0 Å². The maximum absolute atomic E-state index is 13.7. The summed E-state index contributed by atoms with van der Waals surface area (Å²) in [4.78, 5) is 16.3. The summed E-state index contributed by atoms with van der Waals surface area (Å²) in [5.74, 6) is -0.938. The number of halogens is 1. The molecule has 3 rings (SSSR count). The minimum absolute atomic E-state index is 0.224. The van der Waals surface area contributed by atoms with E-state index >= 15 is 0 Å². The second kappa shape index (κ2) is 7.08. The normalized spacial score (nSPS) is 24.9. The molecule has 0 amide bonds. The summed E-state index contributed by atoms with van der Waals surface area (Å²) in [7, 11) is 0. The lowest BCUT2D eigenvalue weighted by Crippen LogP contribution is -2.44. The number of carbonyl (C=O) groups is 1. The average molecular weight is 345 g/mol. The van der Waals surface area contributed by atoms with Crippen LogP contribution < -0.4 is 0 Å². The molecule has 5 heteroatoms. The maximum atomic E-state index is 13.7. The molecule has 0 bridgehead atoms. The van der Waals surface area contributed by atoms with Gasteiger partial charge in [-0.2, -0.15) is 0 Å². The van der Waals surface area contributed by atoms with Crippen LogP contribution in [0.1, 0.15) is 51.0 Å². The number of rotatable bonds is 4. The lowest BCUT2D eigenvalue weighted by Gasteiger charge is -2.39. The first-order chi connectivity index (χ1) is 11.9. The Bertz CT molecular complexity index is 769. The van der Waals surface area contributed by atoms with Crippen molar-refractivity contribution in [3.05, 3.63) is 41.8 Å². The molecule has 0 spiro atoms. The molecule has 0 aliphatic heterocycles. The van der Waals surface area contributed by atoms with Gasteiger partial charge in [-0.3, -0.25) is 9.78 Å². The number of aliphatic hydroxyl groups is 1. The highest BCUT2D eigenvalue weighted by Crippen LogP contribution is 2.43. The summed E-state index contributed by atoms with van der Waals surface area (Å²) in [6.45, 7) is 3.81. The van der Waals surface area contributed by atoms with Crippen LogP contribution in [-0.4, -0.2) is 28.3 Å². The minimum Gasteiger partial charge on any atom is -0.466 e. The van der Waals surface area contributed by atoms with E-state index in [1.807, 2.05) is 6.07 Å². The van der Waals surface area contributed by atoms with E-state index in [1.165, 1.54) is 12.1 Å². The standard InChI is InChI=1S/C20H24FNO3/c1-3-25-19(23)13(2)20(24)9-6-14(7-10-20)16-8-11-22-18-5-4-15(21)12-17(16)18/h4-5,8,11-14,24H,3,6-7,9-10H2,1-2H3. The monoisotopic (exact) mass is 345 g/mol. The van der Waals surface area contributed by atoms with Crippen LogP contribution in [0.4, 0.5) is 4.39 Å². The smallest absolute Gasteiger partial charge is 0.311 e. The van der Waals surface area contributed by atoms with E-state index in [2.05, 4.69) is 4.98 Å². The van der Waals surface area contributed by atoms with Crippen LogP contribution in [0.3, 0.4) is 0 Å². The predicted octanol–water partition coefficient (Wildman–Crippen LogP) is 3.96. The zero-order valence-electron chi connectivity index (χ0n) is 14.7. The molecule has 1 aliphatic rings. The maximum Gasteiger partial charge on any atom is 0.311 e. The SMILES string of the molecule is CCOC(=O)C(C)C1(O)CCC(c2ccnc3ccc(F)cc23)CC1. The number of ether oxygens (including phenoxy) is 1. The fourth-order valence-electron chi connectivity index (χ4n) is 3.84. The van der Waals surface area contributed by atoms with Crippen molar-refractivity contribution in [1.29, 1.82) is 0 Å². The van der Waals surface area contributed by atoms with Gasteiger partial charge < -0.3 is 9.84 Å². The van der Waals surface area contributed by atoms with Crippen LogP contribution >= 0.6 is 0 Å². The van der Waals surface area contributed by atoms with Gasteiger partial charge in [-0.25, -0.2) is 4.39 Å². The second-order valence-electron chi connectivity index (χ2n) is 6.91. The number of carbonyl (C=O) groups excluding carboxylic acids is 1. The summed E-state index contributed by atoms with van der Waals surface area (Å²) in [6, 6.07) is 6.57. The fraction of sp³-hybridized carbons (Fsp3) is 0.500. The van der Waals surface area contributed by atoms with Crippen molar-refractivity contribution in [2.24, 2.45) is 5.92 Å². The lowest BCUT2D eigenvalue weighted by atomic mass is 9.70. The molecule has 25 heavy (non-hydrogen) atoms. The van der Waals surface area contributed by atoms with Crippen molar-refractivity contribution < 1.29 is 19.0 Å². The van der Waals surface area contributed by atoms with E-state index in [0.717, 1.165) is 29.3 Å². The lowest BCUT2D eigenvalue weighted by molar-refractivity contribution is -0.159. The largest absolute Gasteiger partial charge is 0.466 e. The van der Waals surface area contributed by atoms with Crippen molar-refractivity contribution in [2.75, 3.05) is 6.61 Å². The third-order valence-electron chi connectivity index (χ3n) is 5.47. The summed E-state index contributed by atoms with van der Waals surface area (Å²) in [5.41, 5.74) is 0.812. The van der Waals surface area contributed by atoms with E-state index in [1.54, 1.807) is 26.1 Å². The minimum atomic E-state index is -1.03. The Hall–Kier alpha value is -2.01. The first kappa shape index (κ1) is 17.8. The molecule has 134 valence electrons. The van der Waals surface area contributed by atoms with Gasteiger partial charge in [0.2, 0.25) is 0 Å². The van der Waals surface area contributed by atoms with Gasteiger partial charge in [-0.15, -0.1) is 0 Å². The molecule has 2 aromatic rings. The van der Waals surface area contributed by atoms with Crippen LogP contribution in [0.5, 0.6) is 0 Å². The molecule has 1 saturated carbocycles. The van der Waals surface area contributed by atoms with Crippen molar-refractivity contribution in [2.45, 2.75) is 51.0 Å². The first-order valence-electron chi connectivity index (χ1n) is 8.88. The molecule has 1 aromatic carbocycles. The van der Waals surface area contributed by atoms with E-state index in [4.69, 9.17) is 4.74 Å². The molecule has 1 unspecified atom stereocenters. The average Bonchev–Trinajstić information content (AvgIpc) is 2.61. The topological polar surface area (TPSA) is 59.4 Å². The van der Waals surface area contributed by atoms with Gasteiger partial charge in [0, 0.05) is 11.6 Å². The van der Waals surface area contributed by atoms with Crippen molar-refractivity contribution in [3.63, 3.8) is 0 Å². The van der Waals surface area contributed by atoms with Crippen LogP contribution in [0.2, 0.25) is 0 Å². The Morgan fingerprint density at radius 1 is 1.40 bits per heavy atom. The molecule has 1 aliphatic carbocycles. The number of fused-ring (bicyclic) bond motifs is 1. The Balaban J connectivity index is 1.79. The Labute approximate surface area is 147 Å². The molecule has 1 atom stereocenters. The summed E-state index contributed by atoms with van der Waals surface area (Å²) in [6.07, 6.45) is 4.29. The number of esters is 1. The van der Waals surface area contributed by atoms with Gasteiger partial charge in [0.05, 0.1) is 23.6 Å². The highest BCUT2D eigenvalue weighted by Gasteiger charge is 2.42. The van der Waals surface area contributed by atoms with Crippen LogP contribution in [0.25, 0.3) is 10.9 Å². The zero-order chi connectivity index (χ0) is 18.0. The van der Waals surface area contributed by atoms with Gasteiger partial charge in [0.25, 0.3) is 0 Å². The zero-order valence-corrected chi connectivity index (χ0v) is 14.7. The third kappa shape index (κ3) is 3.52. The van der Waals surface area contributed by atoms with E-state index in [-0.39, 0.29) is 17.7 Å². The number of hydrogen-bond acceptors (Lipinski definition) is 4. The van der Waals surface area contributed by atoms with Crippen LogP contribution in [0.15, 0.2) is 30.5 Å². The highest BCUT2D eigenvalue weighted by molar-refractivity contribution is 5.82. The molecule has 0 radical (unpaired) electrons. The first-order valence-corrected chi connectivity index (χ1v) is 8.88. The molecule has 1 heterocycles. The molecule has 4 nitrogen and oxygen atoms in total. The Morgan fingerprint density at radius 3 is 2.80 bits per heavy atom. The number of nitrogens with zero attached hydrogens (tertiary/aromatic N) is 1. The van der Waals surface area contributed by atoms with E-state index in [0.29, 0.717) is 19.4 Å². The van der Waals surface area contributed by atoms with Crippen LogP contribution in [-0.2, 0) is 9.53 Å². The summed E-state index contributed by atoms with van der Waals surface area (Å²) in [5, 5.41) is 11.7. The number of aromatic nitrogens is 1. The van der Waals surface area contributed by atoms with Gasteiger partial charge in [-0.1, -0.05) is 0 Å². The molecule has 1 N–H and O–H groups in total. The van der Waals surface area contributed by atoms with Gasteiger partial charge >= 0.3 is 5.97 Å². The highest BCUT2D eigenvalue weighted by atomic mass is 19.1.